The Balaban J connectivity index is 1.85. The van der Waals surface area contributed by atoms with Gasteiger partial charge in [0.2, 0.25) is 0 Å². The fraction of sp³-hybridized carbons (Fsp3) is 0.636. The molecule has 1 saturated carbocycles. The van der Waals surface area contributed by atoms with Gasteiger partial charge in [-0.3, -0.25) is 0 Å². The minimum absolute atomic E-state index is 0.363. The number of nitrogens with two attached hydrogens (primary N) is 1. The van der Waals surface area contributed by atoms with E-state index in [1.54, 1.807) is 6.20 Å². The average Bonchev–Trinajstić information content (AvgIpc) is 3.01. The van der Waals surface area contributed by atoms with Crippen LogP contribution in [0, 0.1) is 5.92 Å². The second-order valence-corrected chi connectivity index (χ2v) is 5.12. The lowest BCUT2D eigenvalue weighted by Crippen LogP contribution is -2.41. The van der Waals surface area contributed by atoms with Gasteiger partial charge in [-0.25, -0.2) is 0 Å². The van der Waals surface area contributed by atoms with Crippen LogP contribution < -0.4 is 5.73 Å². The smallest absolute Gasteiger partial charge is 0.280 e. The Morgan fingerprint density at radius 1 is 1.44 bits per heavy atom. The predicted molar refractivity (Wildman–Crippen MR) is 63.2 cm³/mol. The van der Waals surface area contributed by atoms with Crippen molar-refractivity contribution in [3.8, 4) is 11.6 Å². The van der Waals surface area contributed by atoms with E-state index in [2.05, 4.69) is 32.5 Å². The second kappa shape index (κ2) is 4.16. The normalized spacial score (nSPS) is 28.4. The number of hydrogen-bond donors (Lipinski definition) is 2. The van der Waals surface area contributed by atoms with Crippen molar-refractivity contribution in [3.05, 3.63) is 12.0 Å². The molecule has 1 fully saturated rings. The average molecular weight is 248 g/mol. The number of nitrogens with one attached hydrogen (secondary N) is 1. The summed E-state index contributed by atoms with van der Waals surface area (Å²) in [5.74, 6) is 1.66. The van der Waals surface area contributed by atoms with E-state index >= 15 is 0 Å². The van der Waals surface area contributed by atoms with E-state index in [1.165, 1.54) is 0 Å². The molecule has 2 aromatic heterocycles. The summed E-state index contributed by atoms with van der Waals surface area (Å²) in [4.78, 5) is 4.35. The highest BCUT2D eigenvalue weighted by atomic mass is 16.5. The number of nitrogens with zero attached hydrogens (tertiary/aromatic N) is 4. The molecule has 0 bridgehead atoms. The van der Waals surface area contributed by atoms with Crippen LogP contribution in [0.2, 0.25) is 0 Å². The zero-order valence-electron chi connectivity index (χ0n) is 10.3. The molecular weight excluding hydrogens is 232 g/mol. The molecule has 3 N–H and O–H groups in total. The van der Waals surface area contributed by atoms with Crippen molar-refractivity contribution in [2.45, 2.75) is 38.1 Å². The van der Waals surface area contributed by atoms with Crippen LogP contribution in [-0.4, -0.2) is 25.6 Å². The molecule has 0 unspecified atom stereocenters. The van der Waals surface area contributed by atoms with Crippen molar-refractivity contribution in [2.24, 2.45) is 11.7 Å². The fourth-order valence-electron chi connectivity index (χ4n) is 2.34. The largest absolute Gasteiger partial charge is 0.332 e. The van der Waals surface area contributed by atoms with Crippen LogP contribution in [0.4, 0.5) is 0 Å². The Kier molecular flexibility index (Phi) is 2.62. The first-order chi connectivity index (χ1) is 8.67. The van der Waals surface area contributed by atoms with Crippen LogP contribution in [0.1, 0.15) is 38.4 Å². The third kappa shape index (κ3) is 1.90. The molecule has 3 rings (SSSR count). The quantitative estimate of drug-likeness (QED) is 0.827. The van der Waals surface area contributed by atoms with Crippen LogP contribution in [0.5, 0.6) is 0 Å². The fourth-order valence-corrected chi connectivity index (χ4v) is 2.34. The van der Waals surface area contributed by atoms with E-state index in [9.17, 15) is 0 Å². The second-order valence-electron chi connectivity index (χ2n) is 5.12. The van der Waals surface area contributed by atoms with Crippen LogP contribution >= 0.6 is 0 Å². The van der Waals surface area contributed by atoms with Gasteiger partial charge >= 0.3 is 0 Å². The highest BCUT2D eigenvalue weighted by Crippen LogP contribution is 2.36. The molecule has 0 saturated heterocycles. The van der Waals surface area contributed by atoms with Crippen LogP contribution in [0.3, 0.4) is 0 Å². The van der Waals surface area contributed by atoms with Gasteiger partial charge in [-0.15, -0.1) is 0 Å². The Labute approximate surface area is 104 Å². The SMILES string of the molecule is CC1CCC(N)(c2noc(-c3cn[nH]n3)n2)CC1. The first-order valence-corrected chi connectivity index (χ1v) is 6.16. The van der Waals surface area contributed by atoms with E-state index in [-0.39, 0.29) is 0 Å². The van der Waals surface area contributed by atoms with Crippen molar-refractivity contribution >= 4 is 0 Å². The maximum atomic E-state index is 6.38. The molecule has 96 valence electrons. The maximum Gasteiger partial charge on any atom is 0.280 e. The molecule has 0 aliphatic heterocycles. The first-order valence-electron chi connectivity index (χ1n) is 6.16. The lowest BCUT2D eigenvalue weighted by Gasteiger charge is -2.33. The maximum absolute atomic E-state index is 6.38. The van der Waals surface area contributed by atoms with Gasteiger partial charge in [0.25, 0.3) is 5.89 Å². The minimum Gasteiger partial charge on any atom is -0.332 e. The van der Waals surface area contributed by atoms with E-state index in [1.807, 2.05) is 0 Å². The third-order valence-electron chi connectivity index (χ3n) is 3.67. The summed E-state index contributed by atoms with van der Waals surface area (Å²) in [7, 11) is 0. The topological polar surface area (TPSA) is 107 Å². The van der Waals surface area contributed by atoms with Gasteiger partial charge in [-0.2, -0.15) is 20.4 Å². The van der Waals surface area contributed by atoms with E-state index in [0.29, 0.717) is 17.4 Å². The van der Waals surface area contributed by atoms with Crippen molar-refractivity contribution in [1.29, 1.82) is 0 Å². The molecule has 2 aromatic rings. The van der Waals surface area contributed by atoms with Crippen molar-refractivity contribution in [3.63, 3.8) is 0 Å². The molecule has 1 aliphatic carbocycles. The minimum atomic E-state index is -0.460. The Hall–Kier alpha value is -1.76. The predicted octanol–water partition coefficient (Wildman–Crippen LogP) is 1.22. The van der Waals surface area contributed by atoms with Crippen molar-refractivity contribution < 1.29 is 4.52 Å². The molecule has 0 radical (unpaired) electrons. The molecule has 18 heavy (non-hydrogen) atoms. The van der Waals surface area contributed by atoms with E-state index in [4.69, 9.17) is 10.3 Å². The monoisotopic (exact) mass is 248 g/mol. The van der Waals surface area contributed by atoms with Gasteiger partial charge in [0.05, 0.1) is 11.7 Å². The Morgan fingerprint density at radius 2 is 2.22 bits per heavy atom. The Bertz CT molecular complexity index is 511. The molecule has 0 aromatic carbocycles. The van der Waals surface area contributed by atoms with Crippen LogP contribution in [0.15, 0.2) is 10.7 Å². The van der Waals surface area contributed by atoms with E-state index in [0.717, 1.165) is 31.6 Å². The Morgan fingerprint density at radius 3 is 2.89 bits per heavy atom. The zero-order valence-corrected chi connectivity index (χ0v) is 10.3. The molecule has 1 aliphatic rings. The summed E-state index contributed by atoms with van der Waals surface area (Å²) in [5, 5.41) is 14.1. The number of aromatic nitrogens is 5. The van der Waals surface area contributed by atoms with Gasteiger partial charge in [-0.1, -0.05) is 12.1 Å². The van der Waals surface area contributed by atoms with Crippen molar-refractivity contribution in [1.82, 2.24) is 25.6 Å². The molecule has 2 heterocycles. The van der Waals surface area contributed by atoms with Gasteiger partial charge in [0, 0.05) is 0 Å². The molecule has 0 spiro atoms. The summed E-state index contributed by atoms with van der Waals surface area (Å²) in [5.41, 5.74) is 6.46. The number of H-pyrrole nitrogens is 1. The summed E-state index contributed by atoms with van der Waals surface area (Å²) in [6.07, 6.45) is 5.54. The molecule has 0 amide bonds. The van der Waals surface area contributed by atoms with Gasteiger partial charge in [0.15, 0.2) is 11.5 Å². The van der Waals surface area contributed by atoms with Gasteiger partial charge < -0.3 is 10.3 Å². The lowest BCUT2D eigenvalue weighted by molar-refractivity contribution is 0.230. The van der Waals surface area contributed by atoms with Crippen LogP contribution in [-0.2, 0) is 5.54 Å². The number of hydrogen-bond acceptors (Lipinski definition) is 6. The zero-order chi connectivity index (χ0) is 12.6. The summed E-state index contributed by atoms with van der Waals surface area (Å²) < 4.78 is 5.19. The molecular formula is C11H16N6O. The standard InChI is InChI=1S/C11H16N6O/c1-7-2-4-11(12,5-3-7)10-14-9(18-16-10)8-6-13-17-15-8/h6-7H,2-5,12H2,1H3,(H,13,15,17). The molecule has 7 nitrogen and oxygen atoms in total. The van der Waals surface area contributed by atoms with Crippen LogP contribution in [0.25, 0.3) is 11.6 Å². The lowest BCUT2D eigenvalue weighted by atomic mass is 9.77. The summed E-state index contributed by atoms with van der Waals surface area (Å²) in [6.45, 7) is 2.25. The molecule has 7 heteroatoms. The summed E-state index contributed by atoms with van der Waals surface area (Å²) in [6, 6.07) is 0. The summed E-state index contributed by atoms with van der Waals surface area (Å²) >= 11 is 0. The van der Waals surface area contributed by atoms with Gasteiger partial charge in [-0.05, 0) is 31.6 Å². The number of aromatic amines is 1. The highest BCUT2D eigenvalue weighted by Gasteiger charge is 2.36. The highest BCUT2D eigenvalue weighted by molar-refractivity contribution is 5.43. The van der Waals surface area contributed by atoms with E-state index < -0.39 is 5.54 Å². The molecule has 0 atom stereocenters. The third-order valence-corrected chi connectivity index (χ3v) is 3.67. The van der Waals surface area contributed by atoms with Gasteiger partial charge in [0.1, 0.15) is 0 Å². The van der Waals surface area contributed by atoms with Crippen molar-refractivity contribution in [2.75, 3.05) is 0 Å². The first kappa shape index (κ1) is 11.3. The number of rotatable bonds is 2.